The van der Waals surface area contributed by atoms with E-state index in [4.69, 9.17) is 0 Å². The van der Waals surface area contributed by atoms with Gasteiger partial charge in [-0.1, -0.05) is 103 Å². The van der Waals surface area contributed by atoms with E-state index >= 15 is 0 Å². The molecule has 192 valence electrons. The van der Waals surface area contributed by atoms with Crippen LogP contribution in [0.1, 0.15) is 62.7 Å². The molecule has 4 aromatic rings. The first-order valence-corrected chi connectivity index (χ1v) is 14.2. The van der Waals surface area contributed by atoms with E-state index in [-0.39, 0.29) is 16.6 Å². The van der Waals surface area contributed by atoms with Crippen LogP contribution in [0.2, 0.25) is 0 Å². The van der Waals surface area contributed by atoms with E-state index in [1.165, 1.54) is 12.1 Å². The Labute approximate surface area is 223 Å². The van der Waals surface area contributed by atoms with Crippen LogP contribution in [0.15, 0.2) is 114 Å². The highest BCUT2D eigenvalue weighted by molar-refractivity contribution is 7.89. The van der Waals surface area contributed by atoms with E-state index < -0.39 is 27.9 Å². The third kappa shape index (κ3) is 4.45. The first-order chi connectivity index (χ1) is 18.3. The van der Waals surface area contributed by atoms with Gasteiger partial charge in [0, 0.05) is 11.1 Å². The van der Waals surface area contributed by atoms with Crippen molar-refractivity contribution in [3.63, 3.8) is 0 Å². The van der Waals surface area contributed by atoms with Gasteiger partial charge in [0.1, 0.15) is 0 Å². The van der Waals surface area contributed by atoms with Crippen molar-refractivity contribution in [1.82, 2.24) is 4.31 Å². The molecule has 1 aliphatic rings. The average molecular weight is 524 g/mol. The number of carbonyl (C=O) groups excluding carboxylic acids is 2. The summed E-state index contributed by atoms with van der Waals surface area (Å²) in [4.78, 5) is 28.2. The standard InChI is InChI=1S/C32H29NO4S/c1-3-26(23-12-6-4-7-13-23)29(31(34)24-14-8-5-9-15-24)30-27-16-10-11-17-28(27)32(35)33(30)38(36,37)25-20-18-22(2)19-21-25/h4-21,26,29-30H,3H2,1-2H3/t26-,29-,30-/m1/s1. The zero-order chi connectivity index (χ0) is 26.9. The highest BCUT2D eigenvalue weighted by Gasteiger charge is 2.51. The van der Waals surface area contributed by atoms with Gasteiger partial charge in [0.15, 0.2) is 5.78 Å². The van der Waals surface area contributed by atoms with Crippen LogP contribution in [-0.2, 0) is 10.0 Å². The third-order valence-corrected chi connectivity index (χ3v) is 9.12. The van der Waals surface area contributed by atoms with Crippen LogP contribution < -0.4 is 0 Å². The van der Waals surface area contributed by atoms with E-state index in [1.807, 2.05) is 50.2 Å². The van der Waals surface area contributed by atoms with Gasteiger partial charge in [-0.05, 0) is 48.6 Å². The smallest absolute Gasteiger partial charge is 0.268 e. The second-order valence-corrected chi connectivity index (χ2v) is 11.4. The molecule has 6 heteroatoms. The van der Waals surface area contributed by atoms with E-state index in [0.717, 1.165) is 15.4 Å². The number of nitrogens with zero attached hydrogens (tertiary/aromatic N) is 1. The fourth-order valence-electron chi connectivity index (χ4n) is 5.48. The average Bonchev–Trinajstić information content (AvgIpc) is 3.25. The zero-order valence-corrected chi connectivity index (χ0v) is 22.1. The van der Waals surface area contributed by atoms with E-state index in [2.05, 4.69) is 0 Å². The predicted octanol–water partition coefficient (Wildman–Crippen LogP) is 6.57. The summed E-state index contributed by atoms with van der Waals surface area (Å²) in [5.74, 6) is -1.97. The second-order valence-electron chi connectivity index (χ2n) is 9.63. The molecule has 1 amide bonds. The van der Waals surface area contributed by atoms with Gasteiger partial charge in [0.05, 0.1) is 16.9 Å². The lowest BCUT2D eigenvalue weighted by atomic mass is 9.74. The quantitative estimate of drug-likeness (QED) is 0.245. The van der Waals surface area contributed by atoms with Crippen molar-refractivity contribution in [2.45, 2.75) is 37.1 Å². The summed E-state index contributed by atoms with van der Waals surface area (Å²) in [6.07, 6.45) is 0.582. The number of hydrogen-bond acceptors (Lipinski definition) is 4. The van der Waals surface area contributed by atoms with Crippen LogP contribution >= 0.6 is 0 Å². The number of rotatable bonds is 8. The third-order valence-electron chi connectivity index (χ3n) is 7.34. The lowest BCUT2D eigenvalue weighted by Gasteiger charge is -2.35. The van der Waals surface area contributed by atoms with Crippen molar-refractivity contribution >= 4 is 21.7 Å². The van der Waals surface area contributed by atoms with Crippen LogP contribution in [0.5, 0.6) is 0 Å². The van der Waals surface area contributed by atoms with Gasteiger partial charge in [-0.2, -0.15) is 0 Å². The topological polar surface area (TPSA) is 71.5 Å². The molecule has 4 aromatic carbocycles. The number of hydrogen-bond donors (Lipinski definition) is 0. The van der Waals surface area contributed by atoms with Crippen LogP contribution in [0.25, 0.3) is 0 Å². The molecule has 0 N–H and O–H groups in total. The van der Waals surface area contributed by atoms with Gasteiger partial charge < -0.3 is 0 Å². The van der Waals surface area contributed by atoms with Crippen molar-refractivity contribution in [2.24, 2.45) is 5.92 Å². The molecule has 0 saturated heterocycles. The Morgan fingerprint density at radius 2 is 1.39 bits per heavy atom. The SMILES string of the molecule is CC[C@H](c1ccccc1)[C@@H](C(=O)c1ccccc1)[C@H]1c2ccccc2C(=O)N1S(=O)(=O)c1ccc(C)cc1. The van der Waals surface area contributed by atoms with Gasteiger partial charge in [0.2, 0.25) is 0 Å². The maximum absolute atomic E-state index is 14.3. The molecule has 0 radical (unpaired) electrons. The summed E-state index contributed by atoms with van der Waals surface area (Å²) in [5, 5.41) is 0. The Morgan fingerprint density at radius 3 is 2.03 bits per heavy atom. The Bertz CT molecular complexity index is 1570. The summed E-state index contributed by atoms with van der Waals surface area (Å²) < 4.78 is 29.2. The van der Waals surface area contributed by atoms with Gasteiger partial charge in [-0.3, -0.25) is 9.59 Å². The van der Waals surface area contributed by atoms with Crippen molar-refractivity contribution in [2.75, 3.05) is 0 Å². The van der Waals surface area contributed by atoms with Gasteiger partial charge in [-0.25, -0.2) is 12.7 Å². The van der Waals surface area contributed by atoms with Gasteiger partial charge >= 0.3 is 0 Å². The number of Topliss-reactive ketones (excluding diaryl/α,β-unsaturated/α-hetero) is 1. The number of ketones is 1. The van der Waals surface area contributed by atoms with E-state index in [0.29, 0.717) is 23.1 Å². The normalized spacial score (nSPS) is 16.6. The molecule has 1 aliphatic heterocycles. The first-order valence-electron chi connectivity index (χ1n) is 12.7. The highest BCUT2D eigenvalue weighted by Crippen LogP contribution is 2.48. The maximum Gasteiger partial charge on any atom is 0.268 e. The van der Waals surface area contributed by atoms with Crippen molar-refractivity contribution in [1.29, 1.82) is 0 Å². The number of amides is 1. The fraction of sp³-hybridized carbons (Fsp3) is 0.188. The molecule has 0 spiro atoms. The summed E-state index contributed by atoms with van der Waals surface area (Å²) >= 11 is 0. The van der Waals surface area contributed by atoms with Gasteiger partial charge in [-0.15, -0.1) is 0 Å². The fourth-order valence-corrected chi connectivity index (χ4v) is 7.05. The molecule has 5 rings (SSSR count). The Kier molecular flexibility index (Phi) is 7.00. The minimum absolute atomic E-state index is 0.0212. The lowest BCUT2D eigenvalue weighted by Crippen LogP contribution is -2.42. The van der Waals surface area contributed by atoms with E-state index in [1.54, 1.807) is 60.7 Å². The largest absolute Gasteiger partial charge is 0.294 e. The zero-order valence-electron chi connectivity index (χ0n) is 21.3. The van der Waals surface area contributed by atoms with Crippen LogP contribution in [0, 0.1) is 12.8 Å². The molecule has 0 aromatic heterocycles. The predicted molar refractivity (Wildman–Crippen MR) is 147 cm³/mol. The lowest BCUT2D eigenvalue weighted by molar-refractivity contribution is 0.0743. The van der Waals surface area contributed by atoms with Crippen LogP contribution in [-0.4, -0.2) is 24.4 Å². The monoisotopic (exact) mass is 523 g/mol. The number of benzene rings is 4. The maximum atomic E-state index is 14.3. The molecular formula is C32H29NO4S. The molecule has 5 nitrogen and oxygen atoms in total. The second kappa shape index (κ2) is 10.4. The highest BCUT2D eigenvalue weighted by atomic mass is 32.2. The Hall–Kier alpha value is -4.03. The number of sulfonamides is 1. The minimum Gasteiger partial charge on any atom is -0.294 e. The molecule has 0 bridgehead atoms. The molecule has 38 heavy (non-hydrogen) atoms. The summed E-state index contributed by atoms with van der Waals surface area (Å²) in [6.45, 7) is 3.86. The number of fused-ring (bicyclic) bond motifs is 1. The van der Waals surface area contributed by atoms with Crippen molar-refractivity contribution in [3.8, 4) is 0 Å². The molecule has 0 saturated carbocycles. The van der Waals surface area contributed by atoms with E-state index in [9.17, 15) is 18.0 Å². The summed E-state index contributed by atoms with van der Waals surface area (Å²) in [5.41, 5.74) is 3.17. The Balaban J connectivity index is 1.75. The van der Waals surface area contributed by atoms with Crippen LogP contribution in [0.4, 0.5) is 0 Å². The molecule has 0 aliphatic carbocycles. The minimum atomic E-state index is -4.27. The molecule has 0 unspecified atom stereocenters. The Morgan fingerprint density at radius 1 is 0.816 bits per heavy atom. The van der Waals surface area contributed by atoms with Crippen molar-refractivity contribution in [3.05, 3.63) is 137 Å². The van der Waals surface area contributed by atoms with Gasteiger partial charge in [0.25, 0.3) is 15.9 Å². The number of aryl methyl sites for hydroxylation is 1. The molecule has 3 atom stereocenters. The summed E-state index contributed by atoms with van der Waals surface area (Å²) in [6, 6.07) is 30.9. The summed E-state index contributed by atoms with van der Waals surface area (Å²) in [7, 11) is -4.27. The van der Waals surface area contributed by atoms with Crippen LogP contribution in [0.3, 0.4) is 0 Å². The first kappa shape index (κ1) is 25.6. The molecule has 1 heterocycles. The molecule has 0 fully saturated rings. The van der Waals surface area contributed by atoms with Crippen molar-refractivity contribution < 1.29 is 18.0 Å². The number of carbonyl (C=O) groups is 2. The molecular weight excluding hydrogens is 494 g/mol.